The second-order valence-corrected chi connectivity index (χ2v) is 5.01. The van der Waals surface area contributed by atoms with Crippen LogP contribution in [0.4, 0.5) is 0 Å². The predicted octanol–water partition coefficient (Wildman–Crippen LogP) is 2.64. The molecular weight excluding hydrogens is 275 g/mol. The van der Waals surface area contributed by atoms with E-state index in [0.717, 1.165) is 12.8 Å². The van der Waals surface area contributed by atoms with E-state index in [1.807, 2.05) is 0 Å². The maximum atomic E-state index is 12.3. The normalized spacial score (nSPS) is 19.9. The molecule has 6 heteroatoms. The molecule has 2 heterocycles. The Balaban J connectivity index is 2.17. The number of hydrogen-bond donors (Lipinski definition) is 0. The van der Waals surface area contributed by atoms with E-state index < -0.39 is 0 Å². The van der Waals surface area contributed by atoms with Gasteiger partial charge in [-0.2, -0.15) is 0 Å². The van der Waals surface area contributed by atoms with Crippen LogP contribution in [0.5, 0.6) is 0 Å². The molecule has 18 heavy (non-hydrogen) atoms. The van der Waals surface area contributed by atoms with Gasteiger partial charge >= 0.3 is 0 Å². The second kappa shape index (κ2) is 5.87. The fourth-order valence-corrected chi connectivity index (χ4v) is 2.37. The number of ether oxygens (including phenoxy) is 1. The van der Waals surface area contributed by atoms with Crippen LogP contribution in [0.15, 0.2) is 12.1 Å². The summed E-state index contributed by atoms with van der Waals surface area (Å²) in [4.78, 5) is 18.0. The second-order valence-electron chi connectivity index (χ2n) is 4.22. The molecule has 1 fully saturated rings. The molecule has 0 spiro atoms. The number of amides is 1. The number of aromatic nitrogens is 1. The van der Waals surface area contributed by atoms with Gasteiger partial charge in [0.25, 0.3) is 5.91 Å². The first-order chi connectivity index (χ1) is 8.61. The Hall–Kier alpha value is -0.840. The maximum Gasteiger partial charge on any atom is 0.274 e. The van der Waals surface area contributed by atoms with Crippen LogP contribution in [-0.2, 0) is 4.74 Å². The summed E-state index contributed by atoms with van der Waals surface area (Å²) in [6, 6.07) is 3.15. The van der Waals surface area contributed by atoms with Crippen LogP contribution < -0.4 is 0 Å². The van der Waals surface area contributed by atoms with Crippen molar-refractivity contribution in [2.24, 2.45) is 0 Å². The van der Waals surface area contributed by atoms with Crippen molar-refractivity contribution in [1.82, 2.24) is 9.88 Å². The van der Waals surface area contributed by atoms with E-state index >= 15 is 0 Å². The zero-order valence-electron chi connectivity index (χ0n) is 10.0. The van der Waals surface area contributed by atoms with Gasteiger partial charge in [-0.1, -0.05) is 23.2 Å². The van der Waals surface area contributed by atoms with Gasteiger partial charge < -0.3 is 9.64 Å². The van der Waals surface area contributed by atoms with Gasteiger partial charge in [-0.25, -0.2) is 4.98 Å². The lowest BCUT2D eigenvalue weighted by atomic mass is 10.1. The van der Waals surface area contributed by atoms with Gasteiger partial charge in [0.2, 0.25) is 0 Å². The van der Waals surface area contributed by atoms with Crippen molar-refractivity contribution in [3.05, 3.63) is 28.0 Å². The Morgan fingerprint density at radius 3 is 3.00 bits per heavy atom. The van der Waals surface area contributed by atoms with Gasteiger partial charge in [0.1, 0.15) is 10.8 Å². The molecule has 1 unspecified atom stereocenters. The molecule has 1 aliphatic rings. The molecule has 1 aromatic heterocycles. The zero-order valence-corrected chi connectivity index (χ0v) is 11.5. The number of pyridine rings is 1. The van der Waals surface area contributed by atoms with E-state index in [2.05, 4.69) is 4.98 Å². The van der Waals surface area contributed by atoms with Crippen molar-refractivity contribution < 1.29 is 9.53 Å². The monoisotopic (exact) mass is 288 g/mol. The van der Waals surface area contributed by atoms with Crippen LogP contribution in [0.3, 0.4) is 0 Å². The predicted molar refractivity (Wildman–Crippen MR) is 70.2 cm³/mol. The Morgan fingerprint density at radius 2 is 2.28 bits per heavy atom. The molecule has 1 saturated heterocycles. The molecule has 0 radical (unpaired) electrons. The number of piperidine rings is 1. The van der Waals surface area contributed by atoms with Crippen molar-refractivity contribution in [3.8, 4) is 0 Å². The van der Waals surface area contributed by atoms with Crippen LogP contribution in [0.2, 0.25) is 10.2 Å². The highest BCUT2D eigenvalue weighted by Gasteiger charge is 2.26. The van der Waals surface area contributed by atoms with Crippen molar-refractivity contribution in [2.75, 3.05) is 20.2 Å². The van der Waals surface area contributed by atoms with Gasteiger partial charge in [-0.15, -0.1) is 0 Å². The lowest BCUT2D eigenvalue weighted by Crippen LogP contribution is -2.43. The smallest absolute Gasteiger partial charge is 0.274 e. The summed E-state index contributed by atoms with van der Waals surface area (Å²) in [5.41, 5.74) is 0.209. The summed E-state index contributed by atoms with van der Waals surface area (Å²) in [5.74, 6) is -0.191. The van der Waals surface area contributed by atoms with Gasteiger partial charge in [-0.3, -0.25) is 4.79 Å². The number of hydrogen-bond acceptors (Lipinski definition) is 3. The summed E-state index contributed by atoms with van der Waals surface area (Å²) in [7, 11) is 1.66. The van der Waals surface area contributed by atoms with E-state index in [4.69, 9.17) is 27.9 Å². The molecule has 1 aliphatic heterocycles. The molecule has 0 aliphatic carbocycles. The quantitative estimate of drug-likeness (QED) is 0.786. The largest absolute Gasteiger partial charge is 0.380 e. The van der Waals surface area contributed by atoms with E-state index in [0.29, 0.717) is 18.1 Å². The van der Waals surface area contributed by atoms with Gasteiger partial charge in [0.15, 0.2) is 0 Å². The van der Waals surface area contributed by atoms with Crippen LogP contribution in [0, 0.1) is 0 Å². The Kier molecular flexibility index (Phi) is 4.43. The molecule has 2 rings (SSSR count). The molecule has 0 saturated carbocycles. The Morgan fingerprint density at radius 1 is 1.50 bits per heavy atom. The van der Waals surface area contributed by atoms with Crippen molar-refractivity contribution in [2.45, 2.75) is 18.9 Å². The fraction of sp³-hybridized carbons (Fsp3) is 0.500. The molecule has 1 aromatic rings. The van der Waals surface area contributed by atoms with Crippen LogP contribution in [0.25, 0.3) is 0 Å². The molecule has 0 aromatic carbocycles. The molecule has 98 valence electrons. The Labute approximate surface area is 116 Å². The average molecular weight is 289 g/mol. The molecule has 1 atom stereocenters. The van der Waals surface area contributed by atoms with Crippen LogP contribution in [-0.4, -0.2) is 42.1 Å². The first kappa shape index (κ1) is 13.6. The maximum absolute atomic E-state index is 12.3. The lowest BCUT2D eigenvalue weighted by molar-refractivity contribution is 0.0266. The van der Waals surface area contributed by atoms with Gasteiger partial charge in [0.05, 0.1) is 11.1 Å². The highest BCUT2D eigenvalue weighted by atomic mass is 35.5. The number of rotatable bonds is 2. The number of methoxy groups -OCH3 is 1. The summed E-state index contributed by atoms with van der Waals surface area (Å²) in [6.45, 7) is 1.27. The standard InChI is InChI=1S/C12H14Cl2N2O2/c1-18-8-3-2-6-16(7-8)12(17)11-9(13)4-5-10(14)15-11/h4-5,8H,2-3,6-7H2,1H3. The van der Waals surface area contributed by atoms with Crippen molar-refractivity contribution >= 4 is 29.1 Å². The fourth-order valence-electron chi connectivity index (χ4n) is 2.03. The number of carbonyl (C=O) groups excluding carboxylic acids is 1. The third-order valence-corrected chi connectivity index (χ3v) is 3.53. The minimum atomic E-state index is -0.191. The summed E-state index contributed by atoms with van der Waals surface area (Å²) < 4.78 is 5.29. The number of halogens is 2. The zero-order chi connectivity index (χ0) is 13.1. The van der Waals surface area contributed by atoms with Crippen LogP contribution >= 0.6 is 23.2 Å². The molecule has 1 amide bonds. The first-order valence-electron chi connectivity index (χ1n) is 5.76. The number of carbonyl (C=O) groups is 1. The SMILES string of the molecule is COC1CCCN(C(=O)c2nc(Cl)ccc2Cl)C1. The highest BCUT2D eigenvalue weighted by molar-refractivity contribution is 6.34. The lowest BCUT2D eigenvalue weighted by Gasteiger charge is -2.31. The van der Waals surface area contributed by atoms with Crippen LogP contribution in [0.1, 0.15) is 23.3 Å². The molecule has 0 N–H and O–H groups in total. The van der Waals surface area contributed by atoms with E-state index in [-0.39, 0.29) is 22.9 Å². The van der Waals surface area contributed by atoms with Gasteiger partial charge in [-0.05, 0) is 25.0 Å². The third kappa shape index (κ3) is 2.94. The molecular formula is C12H14Cl2N2O2. The average Bonchev–Trinajstić information content (AvgIpc) is 2.41. The highest BCUT2D eigenvalue weighted by Crippen LogP contribution is 2.21. The Bertz CT molecular complexity index is 454. The number of likely N-dealkylation sites (tertiary alicyclic amines) is 1. The van der Waals surface area contributed by atoms with E-state index in [9.17, 15) is 4.79 Å². The minimum absolute atomic E-state index is 0.0839. The molecule has 4 nitrogen and oxygen atoms in total. The summed E-state index contributed by atoms with van der Waals surface area (Å²) >= 11 is 11.8. The molecule has 0 bridgehead atoms. The number of nitrogens with zero attached hydrogens (tertiary/aromatic N) is 2. The first-order valence-corrected chi connectivity index (χ1v) is 6.51. The minimum Gasteiger partial charge on any atom is -0.380 e. The summed E-state index contributed by atoms with van der Waals surface area (Å²) in [5, 5.41) is 0.590. The van der Waals surface area contributed by atoms with E-state index in [1.165, 1.54) is 0 Å². The topological polar surface area (TPSA) is 42.4 Å². The van der Waals surface area contributed by atoms with Crippen molar-refractivity contribution in [3.63, 3.8) is 0 Å². The van der Waals surface area contributed by atoms with E-state index in [1.54, 1.807) is 24.1 Å². The third-order valence-electron chi connectivity index (χ3n) is 3.01. The van der Waals surface area contributed by atoms with Gasteiger partial charge in [0, 0.05) is 20.2 Å². The summed E-state index contributed by atoms with van der Waals surface area (Å²) in [6.07, 6.45) is 1.97. The van der Waals surface area contributed by atoms with Crippen molar-refractivity contribution in [1.29, 1.82) is 0 Å².